The van der Waals surface area contributed by atoms with E-state index in [-0.39, 0.29) is 5.56 Å². The Morgan fingerprint density at radius 1 is 1.11 bits per heavy atom. The average molecular weight is 363 g/mol. The summed E-state index contributed by atoms with van der Waals surface area (Å²) in [7, 11) is 1.71. The average Bonchev–Trinajstić information content (AvgIpc) is 3.13. The third-order valence-corrected chi connectivity index (χ3v) is 4.45. The molecular weight excluding hydrogens is 342 g/mol. The smallest absolute Gasteiger partial charge is 0.262 e. The summed E-state index contributed by atoms with van der Waals surface area (Å²) in [6, 6.07) is 15.3. The van der Waals surface area contributed by atoms with Crippen LogP contribution in [0.15, 0.2) is 53.3 Å². The number of benzene rings is 2. The molecule has 7 nitrogen and oxygen atoms in total. The second-order valence-corrected chi connectivity index (χ2v) is 6.36. The van der Waals surface area contributed by atoms with Gasteiger partial charge in [-0.25, -0.2) is 0 Å². The van der Waals surface area contributed by atoms with Gasteiger partial charge in [-0.2, -0.15) is 0 Å². The van der Waals surface area contributed by atoms with Gasteiger partial charge in [-0.05, 0) is 30.7 Å². The molecular formula is C20H21N5O2. The fraction of sp³-hybridized carbons (Fsp3) is 0.250. The lowest BCUT2D eigenvalue weighted by Gasteiger charge is -2.10. The van der Waals surface area contributed by atoms with Crippen LogP contribution in [0, 0.1) is 0 Å². The second kappa shape index (κ2) is 7.11. The quantitative estimate of drug-likeness (QED) is 0.570. The number of anilines is 1. The zero-order valence-electron chi connectivity index (χ0n) is 15.3. The molecule has 0 aliphatic carbocycles. The molecule has 2 aromatic carbocycles. The van der Waals surface area contributed by atoms with E-state index in [1.807, 2.05) is 52.9 Å². The van der Waals surface area contributed by atoms with E-state index in [2.05, 4.69) is 22.4 Å². The molecule has 0 aliphatic rings. The van der Waals surface area contributed by atoms with Gasteiger partial charge in [0, 0.05) is 18.8 Å². The second-order valence-electron chi connectivity index (χ2n) is 6.36. The maximum atomic E-state index is 12.5. The zero-order valence-corrected chi connectivity index (χ0v) is 15.3. The van der Waals surface area contributed by atoms with Gasteiger partial charge in [0.15, 0.2) is 5.82 Å². The van der Waals surface area contributed by atoms with E-state index < -0.39 is 0 Å². The molecule has 0 aliphatic heterocycles. The number of fused-ring (bicyclic) bond motifs is 3. The predicted molar refractivity (Wildman–Crippen MR) is 105 cm³/mol. The highest BCUT2D eigenvalue weighted by Gasteiger charge is 2.14. The summed E-state index contributed by atoms with van der Waals surface area (Å²) in [6.45, 7) is 3.25. The van der Waals surface area contributed by atoms with E-state index in [4.69, 9.17) is 4.74 Å². The molecule has 0 amide bonds. The normalized spacial score (nSPS) is 11.2. The van der Waals surface area contributed by atoms with Crippen LogP contribution in [0.3, 0.4) is 0 Å². The maximum Gasteiger partial charge on any atom is 0.262 e. The first kappa shape index (κ1) is 17.1. The molecule has 0 fully saturated rings. The molecule has 1 N–H and O–H groups in total. The summed E-state index contributed by atoms with van der Waals surface area (Å²) in [5.74, 6) is 2.09. The fourth-order valence-electron chi connectivity index (χ4n) is 3.10. The maximum absolute atomic E-state index is 12.5. The van der Waals surface area contributed by atoms with E-state index in [0.717, 1.165) is 29.2 Å². The van der Waals surface area contributed by atoms with Gasteiger partial charge in [0.2, 0.25) is 5.78 Å². The molecule has 0 radical (unpaired) electrons. The van der Waals surface area contributed by atoms with Gasteiger partial charge in [0.1, 0.15) is 5.75 Å². The number of nitrogens with zero attached hydrogens (tertiary/aromatic N) is 4. The summed E-state index contributed by atoms with van der Waals surface area (Å²) in [5, 5.41) is 12.5. The summed E-state index contributed by atoms with van der Waals surface area (Å²) in [6.07, 6.45) is 0.967. The van der Waals surface area contributed by atoms with Crippen LogP contribution in [0.1, 0.15) is 19.2 Å². The summed E-state index contributed by atoms with van der Waals surface area (Å²) < 4.78 is 9.12. The van der Waals surface area contributed by atoms with Crippen molar-refractivity contribution in [2.24, 2.45) is 7.05 Å². The lowest BCUT2D eigenvalue weighted by atomic mass is 10.2. The Morgan fingerprint density at radius 2 is 1.96 bits per heavy atom. The van der Waals surface area contributed by atoms with Crippen molar-refractivity contribution in [3.8, 4) is 5.75 Å². The molecule has 0 saturated carbocycles. The minimum absolute atomic E-state index is 0.0780. The van der Waals surface area contributed by atoms with Crippen LogP contribution in [0.2, 0.25) is 0 Å². The molecule has 2 heterocycles. The molecule has 7 heteroatoms. The first-order valence-electron chi connectivity index (χ1n) is 8.97. The Kier molecular flexibility index (Phi) is 4.50. The number of rotatable bonds is 6. The van der Waals surface area contributed by atoms with E-state index in [1.54, 1.807) is 7.05 Å². The van der Waals surface area contributed by atoms with Gasteiger partial charge in [-0.1, -0.05) is 25.1 Å². The van der Waals surface area contributed by atoms with Crippen LogP contribution in [-0.2, 0) is 13.6 Å². The van der Waals surface area contributed by atoms with Crippen LogP contribution in [0.4, 0.5) is 5.69 Å². The van der Waals surface area contributed by atoms with Gasteiger partial charge in [0.25, 0.3) is 5.56 Å². The molecule has 0 bridgehead atoms. The van der Waals surface area contributed by atoms with E-state index in [1.165, 1.54) is 4.57 Å². The van der Waals surface area contributed by atoms with Crippen molar-refractivity contribution in [2.45, 2.75) is 19.9 Å². The number of aromatic nitrogens is 4. The standard InChI is InChI=1S/C20H21N5O2/c1-3-11-27-15-8-6-7-14(12-15)21-13-18-22-23-20-24(2)19(26)16-9-4-5-10-17(16)25(18)20/h4-10,12,21H,3,11,13H2,1-2H3. The Balaban J connectivity index is 1.68. The number of para-hydroxylation sites is 1. The number of aryl methyl sites for hydroxylation is 1. The van der Waals surface area contributed by atoms with E-state index in [0.29, 0.717) is 24.3 Å². The number of hydrogen-bond acceptors (Lipinski definition) is 5. The van der Waals surface area contributed by atoms with Crippen molar-refractivity contribution in [3.63, 3.8) is 0 Å². The van der Waals surface area contributed by atoms with Crippen LogP contribution in [0.5, 0.6) is 5.75 Å². The first-order chi connectivity index (χ1) is 13.2. The number of hydrogen-bond donors (Lipinski definition) is 1. The van der Waals surface area contributed by atoms with E-state index in [9.17, 15) is 4.79 Å². The van der Waals surface area contributed by atoms with Crippen molar-refractivity contribution >= 4 is 22.4 Å². The van der Waals surface area contributed by atoms with Crippen LogP contribution in [0.25, 0.3) is 16.7 Å². The van der Waals surface area contributed by atoms with Crippen molar-refractivity contribution < 1.29 is 4.74 Å². The van der Waals surface area contributed by atoms with Gasteiger partial charge >= 0.3 is 0 Å². The predicted octanol–water partition coefficient (Wildman–Crippen LogP) is 2.98. The molecule has 138 valence electrons. The molecule has 0 spiro atoms. The summed E-state index contributed by atoms with van der Waals surface area (Å²) in [4.78, 5) is 12.5. The number of ether oxygens (including phenoxy) is 1. The topological polar surface area (TPSA) is 73.4 Å². The highest BCUT2D eigenvalue weighted by Crippen LogP contribution is 2.19. The molecule has 4 rings (SSSR count). The molecule has 0 atom stereocenters. The lowest BCUT2D eigenvalue weighted by Crippen LogP contribution is -2.20. The SMILES string of the molecule is CCCOc1cccc(NCc2nnc3n(C)c(=O)c4ccccc4n23)c1. The Hall–Kier alpha value is -3.35. The zero-order chi connectivity index (χ0) is 18.8. The van der Waals surface area contributed by atoms with Gasteiger partial charge < -0.3 is 10.1 Å². The Labute approximate surface area is 156 Å². The van der Waals surface area contributed by atoms with Crippen molar-refractivity contribution in [2.75, 3.05) is 11.9 Å². The van der Waals surface area contributed by atoms with E-state index >= 15 is 0 Å². The highest BCUT2D eigenvalue weighted by atomic mass is 16.5. The monoisotopic (exact) mass is 363 g/mol. The van der Waals surface area contributed by atoms with Crippen molar-refractivity contribution in [3.05, 3.63) is 64.7 Å². The largest absolute Gasteiger partial charge is 0.494 e. The Morgan fingerprint density at radius 3 is 2.81 bits per heavy atom. The minimum atomic E-state index is -0.0780. The molecule has 0 unspecified atom stereocenters. The van der Waals surface area contributed by atoms with Gasteiger partial charge in [0.05, 0.1) is 24.1 Å². The minimum Gasteiger partial charge on any atom is -0.494 e. The van der Waals surface area contributed by atoms with Crippen molar-refractivity contribution in [1.29, 1.82) is 0 Å². The third-order valence-electron chi connectivity index (χ3n) is 4.45. The van der Waals surface area contributed by atoms with Crippen LogP contribution >= 0.6 is 0 Å². The lowest BCUT2D eigenvalue weighted by molar-refractivity contribution is 0.317. The van der Waals surface area contributed by atoms with Crippen molar-refractivity contribution in [1.82, 2.24) is 19.2 Å². The molecule has 0 saturated heterocycles. The van der Waals surface area contributed by atoms with Gasteiger partial charge in [-0.3, -0.25) is 13.8 Å². The highest BCUT2D eigenvalue weighted by molar-refractivity contribution is 5.80. The first-order valence-corrected chi connectivity index (χ1v) is 8.97. The Bertz CT molecular complexity index is 1160. The summed E-state index contributed by atoms with van der Waals surface area (Å²) >= 11 is 0. The molecule has 2 aromatic heterocycles. The molecule has 4 aromatic rings. The fourth-order valence-corrected chi connectivity index (χ4v) is 3.10. The number of nitrogens with one attached hydrogen (secondary N) is 1. The molecule has 27 heavy (non-hydrogen) atoms. The summed E-state index contributed by atoms with van der Waals surface area (Å²) in [5.41, 5.74) is 1.66. The van der Waals surface area contributed by atoms with Crippen LogP contribution < -0.4 is 15.6 Å². The van der Waals surface area contributed by atoms with Gasteiger partial charge in [-0.15, -0.1) is 10.2 Å². The van der Waals surface area contributed by atoms with Crippen LogP contribution in [-0.4, -0.2) is 25.8 Å². The third kappa shape index (κ3) is 3.12.